The van der Waals surface area contributed by atoms with Gasteiger partial charge < -0.3 is 10.1 Å². The van der Waals surface area contributed by atoms with Crippen LogP contribution < -0.4 is 5.32 Å². The van der Waals surface area contributed by atoms with Crippen LogP contribution in [0.15, 0.2) is 24.3 Å². The van der Waals surface area contributed by atoms with Gasteiger partial charge in [-0.1, -0.05) is 36.7 Å². The van der Waals surface area contributed by atoms with Gasteiger partial charge in [0.05, 0.1) is 5.60 Å². The van der Waals surface area contributed by atoms with E-state index in [-0.39, 0.29) is 5.60 Å². The first-order valence-electron chi connectivity index (χ1n) is 8.00. The molecule has 21 heavy (non-hydrogen) atoms. The van der Waals surface area contributed by atoms with Crippen LogP contribution in [0.2, 0.25) is 5.02 Å². The summed E-state index contributed by atoms with van der Waals surface area (Å²) in [4.78, 5) is 0. The number of ether oxygens (including phenoxy) is 1. The van der Waals surface area contributed by atoms with Gasteiger partial charge in [0.1, 0.15) is 0 Å². The Morgan fingerprint density at radius 1 is 1.24 bits per heavy atom. The number of hydrogen-bond donors (Lipinski definition) is 1. The summed E-state index contributed by atoms with van der Waals surface area (Å²) in [6.07, 6.45) is 3.22. The third-order valence-electron chi connectivity index (χ3n) is 3.39. The van der Waals surface area contributed by atoms with Gasteiger partial charge in [0, 0.05) is 11.6 Å². The number of hydrogen-bond acceptors (Lipinski definition) is 2. The second kappa shape index (κ2) is 9.45. The molecule has 1 N–H and O–H groups in total. The zero-order valence-electron chi connectivity index (χ0n) is 13.9. The number of rotatable bonds is 9. The van der Waals surface area contributed by atoms with Crippen molar-refractivity contribution in [3.8, 4) is 0 Å². The molecule has 1 unspecified atom stereocenters. The summed E-state index contributed by atoms with van der Waals surface area (Å²) in [6, 6.07) is 8.14. The summed E-state index contributed by atoms with van der Waals surface area (Å²) >= 11 is 6.28. The smallest absolute Gasteiger partial charge is 0.0598 e. The molecule has 1 aromatic rings. The average molecular weight is 312 g/mol. The molecule has 0 spiro atoms. The molecule has 0 bridgehead atoms. The van der Waals surface area contributed by atoms with Gasteiger partial charge in [-0.2, -0.15) is 0 Å². The standard InChI is InChI=1S/C18H30ClNO/c1-5-11-20-14-15(10-12-21-18(2,3)4)13-16-8-6-7-9-17(16)19/h6-9,15,20H,5,10-14H2,1-4H3. The van der Waals surface area contributed by atoms with Crippen molar-refractivity contribution in [2.24, 2.45) is 5.92 Å². The lowest BCUT2D eigenvalue weighted by Crippen LogP contribution is -2.28. The first-order chi connectivity index (χ1) is 9.92. The van der Waals surface area contributed by atoms with Gasteiger partial charge in [0.15, 0.2) is 0 Å². The van der Waals surface area contributed by atoms with Crippen LogP contribution >= 0.6 is 11.6 Å². The summed E-state index contributed by atoms with van der Waals surface area (Å²) in [7, 11) is 0. The highest BCUT2D eigenvalue weighted by Gasteiger charge is 2.14. The second-order valence-corrected chi connectivity index (χ2v) is 7.02. The highest BCUT2D eigenvalue weighted by Crippen LogP contribution is 2.21. The van der Waals surface area contributed by atoms with Crippen molar-refractivity contribution >= 4 is 11.6 Å². The van der Waals surface area contributed by atoms with E-state index in [0.29, 0.717) is 5.92 Å². The zero-order chi connectivity index (χ0) is 15.7. The minimum Gasteiger partial charge on any atom is -0.376 e. The van der Waals surface area contributed by atoms with Gasteiger partial charge in [0.2, 0.25) is 0 Å². The lowest BCUT2D eigenvalue weighted by Gasteiger charge is -2.23. The van der Waals surface area contributed by atoms with E-state index in [2.05, 4.69) is 45.1 Å². The van der Waals surface area contributed by atoms with Crippen LogP contribution in [-0.2, 0) is 11.2 Å². The van der Waals surface area contributed by atoms with Crippen LogP contribution in [0.1, 0.15) is 46.1 Å². The van der Waals surface area contributed by atoms with E-state index in [1.165, 1.54) is 5.56 Å². The molecule has 2 nitrogen and oxygen atoms in total. The summed E-state index contributed by atoms with van der Waals surface area (Å²) in [5, 5.41) is 4.39. The predicted molar refractivity (Wildman–Crippen MR) is 92.1 cm³/mol. The molecule has 1 atom stereocenters. The molecule has 0 saturated carbocycles. The Bertz CT molecular complexity index is 400. The predicted octanol–water partition coefficient (Wildman–Crippen LogP) is 4.70. The van der Waals surface area contributed by atoms with E-state index in [1.54, 1.807) is 0 Å². The molecule has 1 aromatic carbocycles. The van der Waals surface area contributed by atoms with Gasteiger partial charge in [-0.3, -0.25) is 0 Å². The van der Waals surface area contributed by atoms with Crippen molar-refractivity contribution < 1.29 is 4.74 Å². The maximum Gasteiger partial charge on any atom is 0.0598 e. The SMILES string of the molecule is CCCNCC(CCOC(C)(C)C)Cc1ccccc1Cl. The van der Waals surface area contributed by atoms with Gasteiger partial charge in [-0.15, -0.1) is 0 Å². The third-order valence-corrected chi connectivity index (χ3v) is 3.76. The fourth-order valence-electron chi connectivity index (χ4n) is 2.27. The minimum atomic E-state index is -0.0637. The van der Waals surface area contributed by atoms with Gasteiger partial charge in [-0.05, 0) is 70.7 Å². The first-order valence-corrected chi connectivity index (χ1v) is 8.38. The molecule has 0 aliphatic rings. The molecule has 0 aliphatic carbocycles. The van der Waals surface area contributed by atoms with Crippen LogP contribution in [0.4, 0.5) is 0 Å². The van der Waals surface area contributed by atoms with Crippen molar-refractivity contribution in [2.45, 2.75) is 52.6 Å². The van der Waals surface area contributed by atoms with Crippen LogP contribution in [0.25, 0.3) is 0 Å². The van der Waals surface area contributed by atoms with Gasteiger partial charge in [0.25, 0.3) is 0 Å². The van der Waals surface area contributed by atoms with Gasteiger partial charge >= 0.3 is 0 Å². The monoisotopic (exact) mass is 311 g/mol. The van der Waals surface area contributed by atoms with Crippen LogP contribution in [-0.4, -0.2) is 25.3 Å². The molecule has 0 radical (unpaired) electrons. The lowest BCUT2D eigenvalue weighted by atomic mass is 9.96. The molecular weight excluding hydrogens is 282 g/mol. The summed E-state index contributed by atoms with van der Waals surface area (Å²) in [5.74, 6) is 0.554. The molecule has 120 valence electrons. The molecule has 0 amide bonds. The number of nitrogens with one attached hydrogen (secondary N) is 1. The highest BCUT2D eigenvalue weighted by molar-refractivity contribution is 6.31. The number of halogens is 1. The molecule has 0 heterocycles. The van der Waals surface area contributed by atoms with E-state index >= 15 is 0 Å². The fraction of sp³-hybridized carbons (Fsp3) is 0.667. The van der Waals surface area contributed by atoms with Crippen molar-refractivity contribution in [1.29, 1.82) is 0 Å². The molecule has 1 rings (SSSR count). The molecule has 3 heteroatoms. The summed E-state index contributed by atoms with van der Waals surface area (Å²) in [5.41, 5.74) is 1.17. The van der Waals surface area contributed by atoms with Crippen molar-refractivity contribution in [3.05, 3.63) is 34.9 Å². The molecule has 0 fully saturated rings. The summed E-state index contributed by atoms with van der Waals surface area (Å²) < 4.78 is 5.87. The maximum absolute atomic E-state index is 6.28. The fourth-order valence-corrected chi connectivity index (χ4v) is 2.48. The van der Waals surface area contributed by atoms with Crippen LogP contribution in [0.3, 0.4) is 0 Å². The maximum atomic E-state index is 6.28. The molecule has 0 saturated heterocycles. The molecular formula is C18H30ClNO. The van der Waals surface area contributed by atoms with Crippen LogP contribution in [0.5, 0.6) is 0 Å². The lowest BCUT2D eigenvalue weighted by molar-refractivity contribution is -0.00919. The van der Waals surface area contributed by atoms with Crippen molar-refractivity contribution in [2.75, 3.05) is 19.7 Å². The normalized spacial score (nSPS) is 13.4. The Morgan fingerprint density at radius 3 is 2.57 bits per heavy atom. The van der Waals surface area contributed by atoms with E-state index < -0.39 is 0 Å². The van der Waals surface area contributed by atoms with E-state index in [1.807, 2.05) is 12.1 Å². The first kappa shape index (κ1) is 18.5. The Morgan fingerprint density at radius 2 is 1.95 bits per heavy atom. The molecule has 0 aromatic heterocycles. The van der Waals surface area contributed by atoms with E-state index in [9.17, 15) is 0 Å². The second-order valence-electron chi connectivity index (χ2n) is 6.62. The van der Waals surface area contributed by atoms with Crippen LogP contribution in [0, 0.1) is 5.92 Å². The summed E-state index contributed by atoms with van der Waals surface area (Å²) in [6.45, 7) is 11.4. The largest absolute Gasteiger partial charge is 0.376 e. The third kappa shape index (κ3) is 8.45. The van der Waals surface area contributed by atoms with Gasteiger partial charge in [-0.25, -0.2) is 0 Å². The number of benzene rings is 1. The highest BCUT2D eigenvalue weighted by atomic mass is 35.5. The van der Waals surface area contributed by atoms with E-state index in [0.717, 1.165) is 44.0 Å². The Hall–Kier alpha value is -0.570. The zero-order valence-corrected chi connectivity index (χ0v) is 14.7. The topological polar surface area (TPSA) is 21.3 Å². The Kier molecular flexibility index (Phi) is 8.31. The quantitative estimate of drug-likeness (QED) is 0.667. The van der Waals surface area contributed by atoms with Crippen molar-refractivity contribution in [3.63, 3.8) is 0 Å². The van der Waals surface area contributed by atoms with Crippen molar-refractivity contribution in [1.82, 2.24) is 5.32 Å². The Balaban J connectivity index is 2.53. The Labute approximate surface area is 135 Å². The minimum absolute atomic E-state index is 0.0637. The average Bonchev–Trinajstić information content (AvgIpc) is 2.40. The van der Waals surface area contributed by atoms with E-state index in [4.69, 9.17) is 16.3 Å². The molecule has 0 aliphatic heterocycles.